The molecule has 0 fully saturated rings. The molecule has 6 nitrogen and oxygen atoms in total. The lowest BCUT2D eigenvalue weighted by Crippen LogP contribution is -2.23. The maximum absolute atomic E-state index is 13.2. The van der Waals surface area contributed by atoms with Crippen LogP contribution in [0, 0.1) is 0 Å². The van der Waals surface area contributed by atoms with Gasteiger partial charge >= 0.3 is 0 Å². The largest absolute Gasteiger partial charge is 0.493 e. The molecule has 0 aliphatic rings. The fourth-order valence-electron chi connectivity index (χ4n) is 4.74. The number of nitrogens with zero attached hydrogens (tertiary/aromatic N) is 1. The van der Waals surface area contributed by atoms with Crippen molar-refractivity contribution in [3.05, 3.63) is 112 Å². The lowest BCUT2D eigenvalue weighted by atomic mass is 10.1. The van der Waals surface area contributed by atoms with Gasteiger partial charge in [0.05, 0.1) is 24.5 Å². The number of fused-ring (bicyclic) bond motifs is 2. The van der Waals surface area contributed by atoms with Crippen molar-refractivity contribution in [2.45, 2.75) is 12.8 Å². The standard InChI is InChI=1S/C33H32N2O4S/c1-35(20-18-23-13-16-28(38-2)29(21-23)39-3)19-17-22-11-14-24(15-12-22)34-33(37)27-9-6-8-26-31(36)25-7-4-5-10-30(25)40-32(26)27/h4-16,21H,17-20H2,1-3H3,(H,34,37). The number of nitrogens with one attached hydrogen (secondary N) is 1. The van der Waals surface area contributed by atoms with E-state index < -0.39 is 0 Å². The Hall–Kier alpha value is -4.20. The average Bonchev–Trinajstić information content (AvgIpc) is 2.99. The second-order valence-electron chi connectivity index (χ2n) is 9.75. The zero-order valence-corrected chi connectivity index (χ0v) is 23.7. The van der Waals surface area contributed by atoms with Gasteiger partial charge in [-0.2, -0.15) is 0 Å². The quantitative estimate of drug-likeness (QED) is 0.203. The summed E-state index contributed by atoms with van der Waals surface area (Å²) in [4.78, 5) is 28.5. The Balaban J connectivity index is 1.19. The molecule has 0 saturated carbocycles. The summed E-state index contributed by atoms with van der Waals surface area (Å²) in [7, 11) is 5.42. The van der Waals surface area contributed by atoms with E-state index in [1.807, 2.05) is 60.7 Å². The Kier molecular flexibility index (Phi) is 8.43. The first-order valence-corrected chi connectivity index (χ1v) is 14.0. The summed E-state index contributed by atoms with van der Waals surface area (Å²) in [6.45, 7) is 1.85. The summed E-state index contributed by atoms with van der Waals surface area (Å²) in [5.41, 5.74) is 3.59. The Bertz CT molecular complexity index is 1710. The number of hydrogen-bond acceptors (Lipinski definition) is 6. The van der Waals surface area contributed by atoms with Crippen LogP contribution in [0.1, 0.15) is 21.5 Å². The Morgan fingerprint density at radius 2 is 1.48 bits per heavy atom. The maximum atomic E-state index is 13.2. The van der Waals surface area contributed by atoms with Gasteiger partial charge in [-0.1, -0.05) is 36.4 Å². The van der Waals surface area contributed by atoms with Crippen LogP contribution in [0.2, 0.25) is 0 Å². The molecular formula is C33H32N2O4S. The number of carbonyl (C=O) groups is 1. The number of anilines is 1. The fraction of sp³-hybridized carbons (Fsp3) is 0.212. The molecule has 0 radical (unpaired) electrons. The zero-order chi connectivity index (χ0) is 28.1. The van der Waals surface area contributed by atoms with Crippen LogP contribution in [-0.4, -0.2) is 45.2 Å². The maximum Gasteiger partial charge on any atom is 0.257 e. The summed E-state index contributed by atoms with van der Waals surface area (Å²) in [5.74, 6) is 1.26. The van der Waals surface area contributed by atoms with Crippen LogP contribution >= 0.6 is 11.3 Å². The number of hydrogen-bond donors (Lipinski definition) is 1. The van der Waals surface area contributed by atoms with Crippen LogP contribution in [0.4, 0.5) is 5.69 Å². The molecule has 7 heteroatoms. The molecule has 1 amide bonds. The van der Waals surface area contributed by atoms with E-state index >= 15 is 0 Å². The van der Waals surface area contributed by atoms with E-state index in [4.69, 9.17) is 9.47 Å². The van der Waals surface area contributed by atoms with E-state index in [2.05, 4.69) is 23.3 Å². The van der Waals surface area contributed by atoms with Crippen LogP contribution in [0.15, 0.2) is 89.7 Å². The van der Waals surface area contributed by atoms with Crippen molar-refractivity contribution in [3.63, 3.8) is 0 Å². The number of rotatable bonds is 10. The van der Waals surface area contributed by atoms with Gasteiger partial charge in [0, 0.05) is 34.2 Å². The van der Waals surface area contributed by atoms with Crippen molar-refractivity contribution in [2.75, 3.05) is 39.7 Å². The van der Waals surface area contributed by atoms with Gasteiger partial charge in [-0.3, -0.25) is 9.59 Å². The minimum Gasteiger partial charge on any atom is -0.493 e. The monoisotopic (exact) mass is 552 g/mol. The highest BCUT2D eigenvalue weighted by molar-refractivity contribution is 7.24. The summed E-state index contributed by atoms with van der Waals surface area (Å²) in [6, 6.07) is 26.8. The van der Waals surface area contributed by atoms with Crippen LogP contribution in [0.5, 0.6) is 11.5 Å². The second-order valence-corrected chi connectivity index (χ2v) is 10.8. The number of ether oxygens (including phenoxy) is 2. The van der Waals surface area contributed by atoms with Crippen molar-refractivity contribution in [3.8, 4) is 11.5 Å². The van der Waals surface area contributed by atoms with Gasteiger partial charge in [0.2, 0.25) is 0 Å². The van der Waals surface area contributed by atoms with E-state index in [1.54, 1.807) is 32.4 Å². The molecule has 4 aromatic carbocycles. The molecule has 0 aliphatic carbocycles. The van der Waals surface area contributed by atoms with E-state index in [-0.39, 0.29) is 11.3 Å². The molecule has 0 spiro atoms. The lowest BCUT2D eigenvalue weighted by Gasteiger charge is -2.17. The third-order valence-electron chi connectivity index (χ3n) is 7.07. The van der Waals surface area contributed by atoms with Gasteiger partial charge in [-0.25, -0.2) is 0 Å². The Morgan fingerprint density at radius 3 is 2.23 bits per heavy atom. The summed E-state index contributed by atoms with van der Waals surface area (Å²) < 4.78 is 12.3. The molecule has 5 aromatic rings. The second kappa shape index (κ2) is 12.3. The minimum absolute atomic E-state index is 0.0444. The van der Waals surface area contributed by atoms with Gasteiger partial charge < -0.3 is 19.7 Å². The highest BCUT2D eigenvalue weighted by atomic mass is 32.1. The normalized spacial score (nSPS) is 11.2. The SMILES string of the molecule is COc1ccc(CCN(C)CCc2ccc(NC(=O)c3cccc4c(=O)c5ccccc5sc34)cc2)cc1OC. The van der Waals surface area contributed by atoms with Crippen molar-refractivity contribution >= 4 is 43.1 Å². The van der Waals surface area contributed by atoms with Crippen molar-refractivity contribution < 1.29 is 14.3 Å². The first-order chi connectivity index (χ1) is 19.5. The average molecular weight is 553 g/mol. The molecule has 1 heterocycles. The highest BCUT2D eigenvalue weighted by Gasteiger charge is 2.15. The Morgan fingerprint density at radius 1 is 0.800 bits per heavy atom. The molecule has 1 aromatic heterocycles. The fourth-order valence-corrected chi connectivity index (χ4v) is 5.92. The van der Waals surface area contributed by atoms with E-state index in [9.17, 15) is 9.59 Å². The van der Waals surface area contributed by atoms with Crippen molar-refractivity contribution in [1.82, 2.24) is 4.90 Å². The molecule has 0 saturated heterocycles. The molecular weight excluding hydrogens is 520 g/mol. The molecule has 204 valence electrons. The minimum atomic E-state index is -0.223. The molecule has 1 N–H and O–H groups in total. The first kappa shape index (κ1) is 27.4. The van der Waals surface area contributed by atoms with Crippen LogP contribution in [0.3, 0.4) is 0 Å². The predicted octanol–water partition coefficient (Wildman–Crippen LogP) is 6.40. The van der Waals surface area contributed by atoms with E-state index in [0.717, 1.165) is 47.8 Å². The van der Waals surface area contributed by atoms with Gasteiger partial charge in [-0.05, 0) is 79.5 Å². The molecule has 0 unspecified atom stereocenters. The van der Waals surface area contributed by atoms with Crippen LogP contribution < -0.4 is 20.2 Å². The van der Waals surface area contributed by atoms with Gasteiger partial charge in [0.25, 0.3) is 5.91 Å². The van der Waals surface area contributed by atoms with E-state index in [0.29, 0.717) is 21.0 Å². The Labute approximate surface area is 237 Å². The summed E-state index contributed by atoms with van der Waals surface area (Å²) >= 11 is 1.47. The topological polar surface area (TPSA) is 67.9 Å². The number of amides is 1. The molecule has 5 rings (SSSR count). The van der Waals surface area contributed by atoms with Crippen molar-refractivity contribution in [2.24, 2.45) is 0 Å². The highest BCUT2D eigenvalue weighted by Crippen LogP contribution is 2.29. The number of likely N-dealkylation sites (N-methyl/N-ethyl adjacent to an activating group) is 1. The molecule has 0 bridgehead atoms. The van der Waals surface area contributed by atoms with Crippen LogP contribution in [0.25, 0.3) is 20.2 Å². The van der Waals surface area contributed by atoms with Gasteiger partial charge in [0.1, 0.15) is 0 Å². The molecule has 40 heavy (non-hydrogen) atoms. The van der Waals surface area contributed by atoms with E-state index in [1.165, 1.54) is 22.5 Å². The number of carbonyl (C=O) groups excluding carboxylic acids is 1. The number of benzene rings is 4. The summed E-state index contributed by atoms with van der Waals surface area (Å²) in [5, 5.41) is 4.25. The third kappa shape index (κ3) is 6.01. The van der Waals surface area contributed by atoms with Crippen LogP contribution in [-0.2, 0) is 12.8 Å². The smallest absolute Gasteiger partial charge is 0.257 e. The summed E-state index contributed by atoms with van der Waals surface area (Å²) in [6.07, 6.45) is 1.82. The third-order valence-corrected chi connectivity index (χ3v) is 8.29. The van der Waals surface area contributed by atoms with Gasteiger partial charge in [-0.15, -0.1) is 11.3 Å². The molecule has 0 aliphatic heterocycles. The lowest BCUT2D eigenvalue weighted by molar-refractivity contribution is 0.102. The molecule has 0 atom stereocenters. The first-order valence-electron chi connectivity index (χ1n) is 13.2. The number of methoxy groups -OCH3 is 2. The van der Waals surface area contributed by atoms with Crippen molar-refractivity contribution in [1.29, 1.82) is 0 Å². The van der Waals surface area contributed by atoms with Gasteiger partial charge in [0.15, 0.2) is 16.9 Å². The predicted molar refractivity (Wildman–Crippen MR) is 164 cm³/mol. The zero-order valence-electron chi connectivity index (χ0n) is 22.9.